The maximum atomic E-state index is 9.94. The fourth-order valence-electron chi connectivity index (χ4n) is 8.03. The third-order valence-corrected chi connectivity index (χ3v) is 10.8. The molecule has 0 saturated carbocycles. The van der Waals surface area contributed by atoms with Crippen LogP contribution in [0.15, 0.2) is 211 Å². The van der Waals surface area contributed by atoms with E-state index < -0.39 is 0 Å². The minimum absolute atomic E-state index is 0.210. The Hall–Kier alpha value is -7.74. The Kier molecular flexibility index (Phi) is 8.59. The van der Waals surface area contributed by atoms with Gasteiger partial charge in [0.2, 0.25) is 0 Å². The first-order valence-electron chi connectivity index (χ1n) is 19.2. The number of hydrogen-bond donors (Lipinski definition) is 1. The van der Waals surface area contributed by atoms with E-state index in [1.165, 1.54) is 21.9 Å². The van der Waals surface area contributed by atoms with Gasteiger partial charge in [0.15, 0.2) is 0 Å². The van der Waals surface area contributed by atoms with Crippen LogP contribution in [-0.2, 0) is 0 Å². The molecule has 4 heteroatoms. The molecule has 268 valence electrons. The zero-order valence-corrected chi connectivity index (χ0v) is 31.0. The highest BCUT2D eigenvalue weighted by atomic mass is 15.1. The van der Waals surface area contributed by atoms with E-state index in [0.717, 1.165) is 67.2 Å². The van der Waals surface area contributed by atoms with Gasteiger partial charge in [-0.1, -0.05) is 158 Å². The van der Waals surface area contributed by atoms with Gasteiger partial charge in [0.1, 0.15) is 5.84 Å². The van der Waals surface area contributed by atoms with Gasteiger partial charge >= 0.3 is 0 Å². The van der Waals surface area contributed by atoms with E-state index in [1.807, 2.05) is 42.5 Å². The van der Waals surface area contributed by atoms with E-state index in [1.54, 1.807) is 0 Å². The second-order valence-corrected chi connectivity index (χ2v) is 14.4. The number of amidine groups is 1. The van der Waals surface area contributed by atoms with Gasteiger partial charge in [-0.25, -0.2) is 4.99 Å². The van der Waals surface area contributed by atoms with Crippen LogP contribution in [-0.4, -0.2) is 10.4 Å². The molecular weight excluding hydrogens is 693 g/mol. The summed E-state index contributed by atoms with van der Waals surface area (Å²) in [4.78, 5) is 5.16. The van der Waals surface area contributed by atoms with Crippen LogP contribution in [0.4, 0.5) is 0 Å². The molecule has 0 radical (unpaired) electrons. The maximum absolute atomic E-state index is 9.94. The van der Waals surface area contributed by atoms with Crippen LogP contribution in [0.1, 0.15) is 28.3 Å². The van der Waals surface area contributed by atoms with E-state index in [2.05, 4.69) is 180 Å². The van der Waals surface area contributed by atoms with Crippen molar-refractivity contribution in [2.45, 2.75) is 6.04 Å². The third kappa shape index (κ3) is 6.48. The standard InChI is InChI=1S/C53H36N4/c54-35-36-14-13-23-41(28-36)44-29-45(50-34-49(39-19-9-3-10-20-39)55-53(56-50)40-21-11-4-12-22-40)31-46(30-44)57-51-32-42(37-15-5-1-6-16-37)24-26-47(51)48-27-25-43(33-52(48)57)38-17-7-2-8-18-38/h1-34,50H,(H,55,56). The first-order valence-corrected chi connectivity index (χ1v) is 19.2. The highest BCUT2D eigenvalue weighted by Crippen LogP contribution is 2.39. The number of nitrogens with zero attached hydrogens (tertiary/aromatic N) is 3. The average molecular weight is 729 g/mol. The zero-order valence-electron chi connectivity index (χ0n) is 31.0. The van der Waals surface area contributed by atoms with Crippen molar-refractivity contribution in [1.82, 2.24) is 9.88 Å². The van der Waals surface area contributed by atoms with Gasteiger partial charge in [0.05, 0.1) is 34.4 Å². The Bertz CT molecular complexity index is 2930. The van der Waals surface area contributed by atoms with Crippen LogP contribution in [0.2, 0.25) is 0 Å². The van der Waals surface area contributed by atoms with Crippen LogP contribution < -0.4 is 5.32 Å². The summed E-state index contributed by atoms with van der Waals surface area (Å²) in [7, 11) is 0. The van der Waals surface area contributed by atoms with Gasteiger partial charge in [0.25, 0.3) is 0 Å². The molecule has 2 heterocycles. The van der Waals surface area contributed by atoms with E-state index >= 15 is 0 Å². The van der Waals surface area contributed by atoms with Crippen LogP contribution >= 0.6 is 0 Å². The van der Waals surface area contributed by atoms with Gasteiger partial charge in [0, 0.05) is 22.0 Å². The van der Waals surface area contributed by atoms with Gasteiger partial charge in [-0.05, 0) is 93.0 Å². The van der Waals surface area contributed by atoms with Gasteiger partial charge in [-0.15, -0.1) is 0 Å². The smallest absolute Gasteiger partial charge is 0.134 e. The van der Waals surface area contributed by atoms with Gasteiger partial charge < -0.3 is 9.88 Å². The lowest BCUT2D eigenvalue weighted by atomic mass is 9.95. The molecule has 9 aromatic rings. The number of nitriles is 1. The second-order valence-electron chi connectivity index (χ2n) is 14.4. The van der Waals surface area contributed by atoms with Crippen molar-refractivity contribution in [1.29, 1.82) is 5.26 Å². The lowest BCUT2D eigenvalue weighted by Crippen LogP contribution is -2.31. The highest BCUT2D eigenvalue weighted by Gasteiger charge is 2.23. The molecule has 1 aliphatic heterocycles. The predicted molar refractivity (Wildman–Crippen MR) is 235 cm³/mol. The van der Waals surface area contributed by atoms with Crippen molar-refractivity contribution in [3.63, 3.8) is 0 Å². The Labute approximate surface area is 332 Å². The third-order valence-electron chi connectivity index (χ3n) is 10.8. The average Bonchev–Trinajstić information content (AvgIpc) is 3.63. The fraction of sp³-hybridized carbons (Fsp3) is 0.0189. The van der Waals surface area contributed by atoms with Crippen LogP contribution in [0.5, 0.6) is 0 Å². The Morgan fingerprint density at radius 1 is 0.456 bits per heavy atom. The van der Waals surface area contributed by atoms with Crippen LogP contribution in [0.25, 0.3) is 66.6 Å². The second kappa shape index (κ2) is 14.5. The van der Waals surface area contributed by atoms with Gasteiger partial charge in [-0.3, -0.25) is 0 Å². The summed E-state index contributed by atoms with van der Waals surface area (Å²) < 4.78 is 2.42. The minimum atomic E-state index is -0.210. The Balaban J connectivity index is 1.24. The summed E-state index contributed by atoms with van der Waals surface area (Å²) in [5.41, 5.74) is 14.6. The summed E-state index contributed by atoms with van der Waals surface area (Å²) in [6.45, 7) is 0. The molecule has 10 rings (SSSR count). The van der Waals surface area contributed by atoms with Crippen LogP contribution in [0.3, 0.4) is 0 Å². The lowest BCUT2D eigenvalue weighted by Gasteiger charge is -2.26. The number of aliphatic imine (C=N–C) groups is 1. The van der Waals surface area contributed by atoms with Crippen molar-refractivity contribution >= 4 is 33.3 Å². The van der Waals surface area contributed by atoms with Crippen molar-refractivity contribution < 1.29 is 0 Å². The molecule has 0 fully saturated rings. The van der Waals surface area contributed by atoms with Gasteiger partial charge in [-0.2, -0.15) is 5.26 Å². The molecule has 1 aromatic heterocycles. The number of fused-ring (bicyclic) bond motifs is 3. The van der Waals surface area contributed by atoms with Crippen molar-refractivity contribution in [2.24, 2.45) is 4.99 Å². The number of hydrogen-bond acceptors (Lipinski definition) is 3. The summed E-state index contributed by atoms with van der Waals surface area (Å²) in [5.74, 6) is 0.817. The number of rotatable bonds is 7. The quantitative estimate of drug-likeness (QED) is 0.178. The fourth-order valence-corrected chi connectivity index (χ4v) is 8.03. The summed E-state index contributed by atoms with van der Waals surface area (Å²) in [6.07, 6.45) is 2.23. The molecule has 1 atom stereocenters. The lowest BCUT2D eigenvalue weighted by molar-refractivity contribution is 0.780. The largest absolute Gasteiger partial charge is 0.359 e. The predicted octanol–water partition coefficient (Wildman–Crippen LogP) is 12.8. The number of aromatic nitrogens is 1. The molecule has 1 aliphatic rings. The van der Waals surface area contributed by atoms with E-state index in [9.17, 15) is 5.26 Å². The van der Waals surface area contributed by atoms with E-state index in [0.29, 0.717) is 5.56 Å². The maximum Gasteiger partial charge on any atom is 0.134 e. The molecule has 57 heavy (non-hydrogen) atoms. The normalized spacial score (nSPS) is 13.8. The number of benzene rings is 8. The molecule has 0 bridgehead atoms. The molecule has 8 aromatic carbocycles. The van der Waals surface area contributed by atoms with Crippen LogP contribution in [0, 0.1) is 11.3 Å². The molecule has 4 nitrogen and oxygen atoms in total. The molecular formula is C53H36N4. The van der Waals surface area contributed by atoms with E-state index in [4.69, 9.17) is 4.99 Å². The van der Waals surface area contributed by atoms with Crippen molar-refractivity contribution in [3.05, 3.63) is 229 Å². The molecule has 0 spiro atoms. The highest BCUT2D eigenvalue weighted by molar-refractivity contribution is 6.11. The van der Waals surface area contributed by atoms with Crippen molar-refractivity contribution in [2.75, 3.05) is 0 Å². The summed E-state index contributed by atoms with van der Waals surface area (Å²) in [6, 6.07) is 72.3. The number of nitrogens with one attached hydrogen (secondary N) is 1. The van der Waals surface area contributed by atoms with E-state index in [-0.39, 0.29) is 6.04 Å². The summed E-state index contributed by atoms with van der Waals surface area (Å²) >= 11 is 0. The summed E-state index contributed by atoms with van der Waals surface area (Å²) in [5, 5.41) is 16.1. The molecule has 1 N–H and O–H groups in total. The molecule has 0 aliphatic carbocycles. The topological polar surface area (TPSA) is 53.1 Å². The Morgan fingerprint density at radius 3 is 1.56 bits per heavy atom. The zero-order chi connectivity index (χ0) is 38.1. The Morgan fingerprint density at radius 2 is 0.982 bits per heavy atom. The minimum Gasteiger partial charge on any atom is -0.359 e. The molecule has 1 unspecified atom stereocenters. The first-order chi connectivity index (χ1) is 28.2. The van der Waals surface area contributed by atoms with Crippen molar-refractivity contribution in [3.8, 4) is 45.1 Å². The molecule has 0 saturated heterocycles. The molecule has 0 amide bonds. The monoisotopic (exact) mass is 728 g/mol. The SMILES string of the molecule is N#Cc1cccc(-c2cc(C3C=C(c4ccccc4)N=C(c4ccccc4)N3)cc(-n3c4cc(-c5ccccc5)ccc4c4ccc(-c5ccccc5)cc43)c2)c1. The first kappa shape index (κ1) is 33.8.